The first-order valence-corrected chi connectivity index (χ1v) is 9.15. The van der Waals surface area contributed by atoms with E-state index in [1.807, 2.05) is 42.5 Å². The SMILES string of the molecule is CC(OC(=O)c1ccc(Cn2cccn2)o1)C(=O)Nc1ccc2ccccc2c1. The van der Waals surface area contributed by atoms with Crippen LogP contribution in [0, 0.1) is 0 Å². The Labute approximate surface area is 166 Å². The number of esters is 1. The molecule has 0 fully saturated rings. The van der Waals surface area contributed by atoms with E-state index < -0.39 is 18.0 Å². The van der Waals surface area contributed by atoms with Crippen LogP contribution in [0.3, 0.4) is 0 Å². The molecule has 1 amide bonds. The van der Waals surface area contributed by atoms with Crippen LogP contribution in [0.1, 0.15) is 23.2 Å². The number of anilines is 1. The number of nitrogens with one attached hydrogen (secondary N) is 1. The molecule has 29 heavy (non-hydrogen) atoms. The lowest BCUT2D eigenvalue weighted by atomic mass is 10.1. The number of amides is 1. The lowest BCUT2D eigenvalue weighted by Crippen LogP contribution is -2.29. The highest BCUT2D eigenvalue weighted by Crippen LogP contribution is 2.19. The third kappa shape index (κ3) is 4.35. The molecule has 0 spiro atoms. The van der Waals surface area contributed by atoms with E-state index in [2.05, 4.69) is 10.4 Å². The Morgan fingerprint density at radius 3 is 2.72 bits per heavy atom. The molecule has 1 atom stereocenters. The number of hydrogen-bond donors (Lipinski definition) is 1. The van der Waals surface area contributed by atoms with Gasteiger partial charge < -0.3 is 14.5 Å². The number of hydrogen-bond acceptors (Lipinski definition) is 5. The predicted molar refractivity (Wildman–Crippen MR) is 107 cm³/mol. The highest BCUT2D eigenvalue weighted by molar-refractivity contribution is 5.98. The van der Waals surface area contributed by atoms with Crippen LogP contribution in [0.15, 0.2) is 77.5 Å². The highest BCUT2D eigenvalue weighted by Gasteiger charge is 2.21. The fourth-order valence-electron chi connectivity index (χ4n) is 2.91. The van der Waals surface area contributed by atoms with E-state index in [4.69, 9.17) is 9.15 Å². The third-order valence-corrected chi connectivity index (χ3v) is 4.41. The molecule has 2 aromatic heterocycles. The van der Waals surface area contributed by atoms with Gasteiger partial charge in [-0.15, -0.1) is 0 Å². The topological polar surface area (TPSA) is 86.4 Å². The molecule has 7 nitrogen and oxygen atoms in total. The van der Waals surface area contributed by atoms with Crippen molar-refractivity contribution in [3.8, 4) is 0 Å². The van der Waals surface area contributed by atoms with Crippen molar-refractivity contribution < 1.29 is 18.7 Å². The monoisotopic (exact) mass is 389 g/mol. The van der Waals surface area contributed by atoms with Crippen LogP contribution in [0.5, 0.6) is 0 Å². The Hall–Kier alpha value is -3.87. The number of fused-ring (bicyclic) bond motifs is 1. The van der Waals surface area contributed by atoms with Gasteiger partial charge in [-0.05, 0) is 48.0 Å². The lowest BCUT2D eigenvalue weighted by molar-refractivity contribution is -0.123. The van der Waals surface area contributed by atoms with Crippen molar-refractivity contribution in [2.24, 2.45) is 0 Å². The summed E-state index contributed by atoms with van der Waals surface area (Å²) >= 11 is 0. The second-order valence-electron chi connectivity index (χ2n) is 6.57. The Bertz CT molecular complexity index is 1150. The lowest BCUT2D eigenvalue weighted by Gasteiger charge is -2.13. The van der Waals surface area contributed by atoms with Crippen molar-refractivity contribution in [2.45, 2.75) is 19.6 Å². The zero-order valence-corrected chi connectivity index (χ0v) is 15.7. The van der Waals surface area contributed by atoms with Gasteiger partial charge in [-0.2, -0.15) is 5.10 Å². The Kier molecular flexibility index (Phi) is 5.11. The number of carbonyl (C=O) groups excluding carboxylic acids is 2. The summed E-state index contributed by atoms with van der Waals surface area (Å²) < 4.78 is 12.4. The summed E-state index contributed by atoms with van der Waals surface area (Å²) in [5, 5.41) is 8.94. The molecule has 2 heterocycles. The van der Waals surface area contributed by atoms with Gasteiger partial charge in [0.25, 0.3) is 5.91 Å². The Morgan fingerprint density at radius 2 is 1.93 bits per heavy atom. The molecular weight excluding hydrogens is 370 g/mol. The largest absolute Gasteiger partial charge is 0.452 e. The Balaban J connectivity index is 1.36. The molecular formula is C22H19N3O4. The number of carbonyl (C=O) groups is 2. The van der Waals surface area contributed by atoms with Crippen LogP contribution >= 0.6 is 0 Å². The molecule has 4 rings (SSSR count). The minimum Gasteiger partial charge on any atom is -0.452 e. The summed E-state index contributed by atoms with van der Waals surface area (Å²) in [5.74, 6) is -0.513. The minimum absolute atomic E-state index is 0.0394. The summed E-state index contributed by atoms with van der Waals surface area (Å²) in [6, 6.07) is 18.5. The van der Waals surface area contributed by atoms with Gasteiger partial charge in [-0.3, -0.25) is 9.48 Å². The fourth-order valence-corrected chi connectivity index (χ4v) is 2.91. The van der Waals surface area contributed by atoms with Gasteiger partial charge >= 0.3 is 5.97 Å². The smallest absolute Gasteiger partial charge is 0.375 e. The first-order valence-electron chi connectivity index (χ1n) is 9.15. The Morgan fingerprint density at radius 1 is 1.10 bits per heavy atom. The van der Waals surface area contributed by atoms with Crippen molar-refractivity contribution in [1.82, 2.24) is 9.78 Å². The normalized spacial score (nSPS) is 11.9. The average molecular weight is 389 g/mol. The molecule has 2 aromatic carbocycles. The van der Waals surface area contributed by atoms with Crippen molar-refractivity contribution in [3.63, 3.8) is 0 Å². The van der Waals surface area contributed by atoms with Gasteiger partial charge in [0.1, 0.15) is 5.76 Å². The molecule has 7 heteroatoms. The summed E-state index contributed by atoms with van der Waals surface area (Å²) in [5.41, 5.74) is 0.635. The van der Waals surface area contributed by atoms with E-state index in [9.17, 15) is 9.59 Å². The van der Waals surface area contributed by atoms with E-state index in [0.29, 0.717) is 18.0 Å². The average Bonchev–Trinajstić information content (AvgIpc) is 3.40. The number of ether oxygens (including phenoxy) is 1. The molecule has 146 valence electrons. The fraction of sp³-hybridized carbons (Fsp3) is 0.136. The maximum atomic E-state index is 12.4. The molecule has 0 aliphatic rings. The second-order valence-corrected chi connectivity index (χ2v) is 6.57. The minimum atomic E-state index is -0.978. The van der Waals surface area contributed by atoms with Crippen LogP contribution < -0.4 is 5.32 Å². The van der Waals surface area contributed by atoms with E-state index in [-0.39, 0.29) is 5.76 Å². The van der Waals surface area contributed by atoms with Gasteiger partial charge in [0.2, 0.25) is 5.76 Å². The maximum Gasteiger partial charge on any atom is 0.375 e. The van der Waals surface area contributed by atoms with Gasteiger partial charge in [0, 0.05) is 18.1 Å². The molecule has 0 aliphatic carbocycles. The van der Waals surface area contributed by atoms with Crippen LogP contribution in [0.2, 0.25) is 0 Å². The van der Waals surface area contributed by atoms with Crippen LogP contribution in [-0.2, 0) is 16.1 Å². The first kappa shape index (κ1) is 18.5. The third-order valence-electron chi connectivity index (χ3n) is 4.41. The predicted octanol–water partition coefficient (Wildman–Crippen LogP) is 3.86. The van der Waals surface area contributed by atoms with Gasteiger partial charge in [-0.25, -0.2) is 4.79 Å². The van der Waals surface area contributed by atoms with Gasteiger partial charge in [-0.1, -0.05) is 30.3 Å². The second kappa shape index (κ2) is 8.02. The number of rotatable bonds is 6. The zero-order chi connectivity index (χ0) is 20.2. The molecule has 0 saturated heterocycles. The number of furan rings is 1. The maximum absolute atomic E-state index is 12.4. The van der Waals surface area contributed by atoms with Crippen molar-refractivity contribution in [2.75, 3.05) is 5.32 Å². The van der Waals surface area contributed by atoms with Gasteiger partial charge in [0.05, 0.1) is 6.54 Å². The highest BCUT2D eigenvalue weighted by atomic mass is 16.6. The van der Waals surface area contributed by atoms with Crippen LogP contribution in [0.4, 0.5) is 5.69 Å². The first-order chi connectivity index (χ1) is 14.1. The van der Waals surface area contributed by atoms with Gasteiger partial charge in [0.15, 0.2) is 6.10 Å². The van der Waals surface area contributed by atoms with E-state index in [1.54, 1.807) is 29.2 Å². The van der Waals surface area contributed by atoms with Crippen molar-refractivity contribution in [1.29, 1.82) is 0 Å². The van der Waals surface area contributed by atoms with E-state index in [1.165, 1.54) is 13.0 Å². The molecule has 4 aromatic rings. The molecule has 1 N–H and O–H groups in total. The van der Waals surface area contributed by atoms with Crippen LogP contribution in [-0.4, -0.2) is 27.8 Å². The van der Waals surface area contributed by atoms with E-state index in [0.717, 1.165) is 10.8 Å². The molecule has 0 bridgehead atoms. The quantitative estimate of drug-likeness (QED) is 0.506. The van der Waals surface area contributed by atoms with Crippen molar-refractivity contribution >= 4 is 28.3 Å². The molecule has 0 radical (unpaired) electrons. The summed E-state index contributed by atoms with van der Waals surface area (Å²) in [6.45, 7) is 1.92. The standard InChI is InChI=1S/C22H19N3O4/c1-15(21(26)24-18-8-7-16-5-2-3-6-17(16)13-18)28-22(27)20-10-9-19(29-20)14-25-12-4-11-23-25/h2-13,15H,14H2,1H3,(H,24,26). The molecule has 1 unspecified atom stereocenters. The number of aromatic nitrogens is 2. The molecule has 0 aliphatic heterocycles. The zero-order valence-electron chi connectivity index (χ0n) is 15.7. The van der Waals surface area contributed by atoms with Crippen molar-refractivity contribution in [3.05, 3.63) is 84.6 Å². The molecule has 0 saturated carbocycles. The summed E-state index contributed by atoms with van der Waals surface area (Å²) in [4.78, 5) is 24.7. The number of nitrogens with zero attached hydrogens (tertiary/aromatic N) is 2. The summed E-state index contributed by atoms with van der Waals surface area (Å²) in [6.07, 6.45) is 2.47. The van der Waals surface area contributed by atoms with Crippen LogP contribution in [0.25, 0.3) is 10.8 Å². The number of benzene rings is 2. The summed E-state index contributed by atoms with van der Waals surface area (Å²) in [7, 11) is 0. The van der Waals surface area contributed by atoms with E-state index >= 15 is 0 Å².